The van der Waals surface area contributed by atoms with E-state index >= 15 is 0 Å². The van der Waals surface area contributed by atoms with Gasteiger partial charge in [-0.25, -0.2) is 4.98 Å². The molecule has 0 unspecified atom stereocenters. The van der Waals surface area contributed by atoms with E-state index in [4.69, 9.17) is 9.47 Å². The number of rotatable bonds is 3. The molecule has 1 N–H and O–H groups in total. The fraction of sp³-hybridized carbons (Fsp3) is 0.133. The highest BCUT2D eigenvalue weighted by molar-refractivity contribution is 9.10. The summed E-state index contributed by atoms with van der Waals surface area (Å²) in [7, 11) is 0. The van der Waals surface area contributed by atoms with E-state index in [1.165, 1.54) is 4.88 Å². The van der Waals surface area contributed by atoms with Gasteiger partial charge in [-0.1, -0.05) is 0 Å². The van der Waals surface area contributed by atoms with Crippen LogP contribution in [0.2, 0.25) is 0 Å². The van der Waals surface area contributed by atoms with Gasteiger partial charge >= 0.3 is 0 Å². The van der Waals surface area contributed by atoms with Gasteiger partial charge in [-0.05, 0) is 51.0 Å². The van der Waals surface area contributed by atoms with Crippen molar-refractivity contribution in [2.75, 3.05) is 12.1 Å². The molecule has 4 rings (SSSR count). The summed E-state index contributed by atoms with van der Waals surface area (Å²) in [4.78, 5) is 5.69. The van der Waals surface area contributed by atoms with Crippen LogP contribution in [0.4, 0.5) is 5.82 Å². The maximum atomic E-state index is 5.45. The number of ether oxygens (including phenoxy) is 2. The number of nitrogens with one attached hydrogen (secondary N) is 1. The molecule has 0 radical (unpaired) electrons. The fourth-order valence-electron chi connectivity index (χ4n) is 2.32. The summed E-state index contributed by atoms with van der Waals surface area (Å²) in [6.07, 6.45) is 1.80. The largest absolute Gasteiger partial charge is 0.454 e. The average molecular weight is 363 g/mol. The van der Waals surface area contributed by atoms with Crippen LogP contribution in [0.25, 0.3) is 10.8 Å². The van der Waals surface area contributed by atoms with Gasteiger partial charge < -0.3 is 14.8 Å². The van der Waals surface area contributed by atoms with Crippen LogP contribution in [0.15, 0.2) is 40.3 Å². The summed E-state index contributed by atoms with van der Waals surface area (Å²) in [6.45, 7) is 1.02. The Labute approximate surface area is 133 Å². The number of thiophene rings is 1. The zero-order valence-corrected chi connectivity index (χ0v) is 13.3. The highest BCUT2D eigenvalue weighted by Crippen LogP contribution is 2.38. The molecule has 0 atom stereocenters. The molecule has 0 saturated carbocycles. The molecule has 0 fully saturated rings. The van der Waals surface area contributed by atoms with Crippen LogP contribution in [0, 0.1) is 0 Å². The minimum Gasteiger partial charge on any atom is -0.454 e. The molecular formula is C15H11BrN2O2S. The van der Waals surface area contributed by atoms with E-state index < -0.39 is 0 Å². The van der Waals surface area contributed by atoms with Crippen molar-refractivity contribution >= 4 is 43.9 Å². The molecule has 3 aromatic rings. The number of anilines is 1. The van der Waals surface area contributed by atoms with Gasteiger partial charge in [-0.3, -0.25) is 0 Å². The second-order valence-electron chi connectivity index (χ2n) is 4.63. The molecule has 6 heteroatoms. The molecule has 2 aromatic heterocycles. The van der Waals surface area contributed by atoms with Crippen LogP contribution < -0.4 is 14.8 Å². The van der Waals surface area contributed by atoms with Crippen molar-refractivity contribution in [3.63, 3.8) is 0 Å². The molecule has 3 heterocycles. The van der Waals surface area contributed by atoms with E-state index in [1.807, 2.05) is 18.2 Å². The van der Waals surface area contributed by atoms with Crippen LogP contribution in [0.5, 0.6) is 11.5 Å². The maximum absolute atomic E-state index is 5.45. The monoisotopic (exact) mass is 362 g/mol. The number of aromatic nitrogens is 1. The summed E-state index contributed by atoms with van der Waals surface area (Å²) in [5.74, 6) is 2.42. The number of fused-ring (bicyclic) bond motifs is 2. The molecule has 106 valence electrons. The Kier molecular flexibility index (Phi) is 3.20. The Morgan fingerprint density at radius 2 is 2.10 bits per heavy atom. The van der Waals surface area contributed by atoms with Crippen molar-refractivity contribution < 1.29 is 9.47 Å². The van der Waals surface area contributed by atoms with Crippen molar-refractivity contribution in [2.45, 2.75) is 6.54 Å². The molecular weight excluding hydrogens is 352 g/mol. The zero-order chi connectivity index (χ0) is 14.2. The van der Waals surface area contributed by atoms with Crippen molar-refractivity contribution in [2.24, 2.45) is 0 Å². The van der Waals surface area contributed by atoms with Crippen LogP contribution >= 0.6 is 27.3 Å². The average Bonchev–Trinajstić information content (AvgIpc) is 3.11. The number of pyridine rings is 1. The Hall–Kier alpha value is -1.79. The van der Waals surface area contributed by atoms with Gasteiger partial charge in [0.25, 0.3) is 0 Å². The number of nitrogens with zero attached hydrogens (tertiary/aromatic N) is 1. The van der Waals surface area contributed by atoms with Gasteiger partial charge in [-0.15, -0.1) is 11.3 Å². The molecule has 0 amide bonds. The first kappa shape index (κ1) is 12.9. The van der Waals surface area contributed by atoms with Crippen LogP contribution in [-0.4, -0.2) is 11.8 Å². The third-order valence-electron chi connectivity index (χ3n) is 3.37. The van der Waals surface area contributed by atoms with Gasteiger partial charge in [0.05, 0.1) is 6.54 Å². The zero-order valence-electron chi connectivity index (χ0n) is 10.9. The molecule has 1 aliphatic heterocycles. The summed E-state index contributed by atoms with van der Waals surface area (Å²) in [5.41, 5.74) is 0. The Morgan fingerprint density at radius 3 is 2.90 bits per heavy atom. The van der Waals surface area contributed by atoms with E-state index in [9.17, 15) is 0 Å². The Balaban J connectivity index is 1.70. The molecule has 0 saturated heterocycles. The lowest BCUT2D eigenvalue weighted by molar-refractivity contribution is 0.174. The standard InChI is InChI=1S/C15H11BrN2O2S/c16-11-2-4-21-14(11)7-18-15-10-6-13-12(19-8-20-13)5-9(10)1-3-17-15/h1-6H,7-8H2,(H,17,18). The van der Waals surface area contributed by atoms with E-state index in [1.54, 1.807) is 17.5 Å². The van der Waals surface area contributed by atoms with Gasteiger partial charge in [-0.2, -0.15) is 0 Å². The molecule has 1 aromatic carbocycles. The summed E-state index contributed by atoms with van der Waals surface area (Å²) >= 11 is 5.26. The smallest absolute Gasteiger partial charge is 0.231 e. The number of hydrogen-bond acceptors (Lipinski definition) is 5. The van der Waals surface area contributed by atoms with Gasteiger partial charge in [0.1, 0.15) is 5.82 Å². The van der Waals surface area contributed by atoms with Gasteiger partial charge in [0.2, 0.25) is 6.79 Å². The summed E-state index contributed by atoms with van der Waals surface area (Å²) in [6, 6.07) is 8.00. The first-order chi connectivity index (χ1) is 10.3. The van der Waals surface area contributed by atoms with E-state index in [0.717, 1.165) is 39.1 Å². The van der Waals surface area contributed by atoms with E-state index in [-0.39, 0.29) is 6.79 Å². The van der Waals surface area contributed by atoms with Crippen LogP contribution in [-0.2, 0) is 6.54 Å². The van der Waals surface area contributed by atoms with Crippen molar-refractivity contribution in [1.82, 2.24) is 4.98 Å². The highest BCUT2D eigenvalue weighted by atomic mass is 79.9. The second-order valence-corrected chi connectivity index (χ2v) is 6.49. The SMILES string of the molecule is Brc1ccsc1CNc1nccc2cc3c(cc12)OCO3. The molecule has 0 bridgehead atoms. The van der Waals surface area contributed by atoms with Crippen molar-refractivity contribution in [3.05, 3.63) is 45.2 Å². The predicted octanol–water partition coefficient (Wildman–Crippen LogP) is 4.40. The third kappa shape index (κ3) is 2.34. The predicted molar refractivity (Wildman–Crippen MR) is 87.2 cm³/mol. The quantitative estimate of drug-likeness (QED) is 0.749. The van der Waals surface area contributed by atoms with E-state index in [2.05, 4.69) is 37.7 Å². The Bertz CT molecular complexity index is 819. The molecule has 1 aliphatic rings. The lowest BCUT2D eigenvalue weighted by Crippen LogP contribution is -2.00. The third-order valence-corrected chi connectivity index (χ3v) is 5.29. The molecule has 21 heavy (non-hydrogen) atoms. The first-order valence-electron chi connectivity index (χ1n) is 6.45. The topological polar surface area (TPSA) is 43.4 Å². The van der Waals surface area contributed by atoms with Gasteiger partial charge in [0.15, 0.2) is 11.5 Å². The minimum absolute atomic E-state index is 0.282. The first-order valence-corrected chi connectivity index (χ1v) is 8.12. The van der Waals surface area contributed by atoms with Gasteiger partial charge in [0, 0.05) is 20.9 Å². The Morgan fingerprint density at radius 1 is 1.24 bits per heavy atom. The fourth-order valence-corrected chi connectivity index (χ4v) is 3.75. The van der Waals surface area contributed by atoms with Crippen LogP contribution in [0.3, 0.4) is 0 Å². The summed E-state index contributed by atoms with van der Waals surface area (Å²) < 4.78 is 12.0. The van der Waals surface area contributed by atoms with Crippen LogP contribution in [0.1, 0.15) is 4.88 Å². The minimum atomic E-state index is 0.282. The lowest BCUT2D eigenvalue weighted by atomic mass is 10.1. The highest BCUT2D eigenvalue weighted by Gasteiger charge is 2.16. The molecule has 0 aliphatic carbocycles. The van der Waals surface area contributed by atoms with Crippen molar-refractivity contribution in [1.29, 1.82) is 0 Å². The molecule has 4 nitrogen and oxygen atoms in total. The summed E-state index contributed by atoms with van der Waals surface area (Å²) in [5, 5.41) is 7.58. The normalized spacial score (nSPS) is 12.8. The lowest BCUT2D eigenvalue weighted by Gasteiger charge is -2.09. The number of hydrogen-bond donors (Lipinski definition) is 1. The second kappa shape index (κ2) is 5.20. The number of halogens is 1. The van der Waals surface area contributed by atoms with Crippen molar-refractivity contribution in [3.8, 4) is 11.5 Å². The molecule has 0 spiro atoms. The maximum Gasteiger partial charge on any atom is 0.231 e. The number of benzene rings is 1. The van der Waals surface area contributed by atoms with E-state index in [0.29, 0.717) is 0 Å².